The van der Waals surface area contributed by atoms with Gasteiger partial charge in [-0.3, -0.25) is 9.69 Å². The highest BCUT2D eigenvalue weighted by atomic mass is 19.1. The van der Waals surface area contributed by atoms with Crippen LogP contribution in [0.2, 0.25) is 0 Å². The number of carbonyl (C=O) groups is 2. The number of piperazine rings is 1. The molecule has 33 heavy (non-hydrogen) atoms. The molecule has 0 atom stereocenters. The molecule has 0 aromatic heterocycles. The molecule has 1 N–H and O–H groups in total. The molecule has 7 nitrogen and oxygen atoms in total. The van der Waals surface area contributed by atoms with Gasteiger partial charge in [-0.05, 0) is 42.3 Å². The molecule has 0 spiro atoms. The Morgan fingerprint density at radius 3 is 2.52 bits per heavy atom. The maximum absolute atomic E-state index is 13.2. The predicted molar refractivity (Wildman–Crippen MR) is 125 cm³/mol. The van der Waals surface area contributed by atoms with Crippen molar-refractivity contribution in [3.8, 4) is 6.07 Å². The SMILES string of the molecule is CCCC(=O)N(CCN1CCN(C(=O)Nc2cccc(C#N)c2)CC1)Cc1ccc(F)cc1. The van der Waals surface area contributed by atoms with Crippen molar-refractivity contribution in [2.75, 3.05) is 44.6 Å². The van der Waals surface area contributed by atoms with Crippen LogP contribution in [0, 0.1) is 17.1 Å². The van der Waals surface area contributed by atoms with Crippen LogP contribution in [0.5, 0.6) is 0 Å². The first-order chi connectivity index (χ1) is 16.0. The summed E-state index contributed by atoms with van der Waals surface area (Å²) in [5.41, 5.74) is 2.01. The second kappa shape index (κ2) is 12.0. The quantitative estimate of drug-likeness (QED) is 0.664. The molecular formula is C25H30FN5O2. The lowest BCUT2D eigenvalue weighted by Crippen LogP contribution is -2.51. The molecule has 1 aliphatic heterocycles. The van der Waals surface area contributed by atoms with Gasteiger partial charge in [-0.25, -0.2) is 9.18 Å². The Morgan fingerprint density at radius 2 is 1.85 bits per heavy atom. The van der Waals surface area contributed by atoms with Crippen molar-refractivity contribution in [3.05, 3.63) is 65.5 Å². The van der Waals surface area contributed by atoms with Gasteiger partial charge in [-0.15, -0.1) is 0 Å². The summed E-state index contributed by atoms with van der Waals surface area (Å²) in [7, 11) is 0. The molecule has 0 aliphatic carbocycles. The Balaban J connectivity index is 1.48. The second-order valence-electron chi connectivity index (χ2n) is 8.14. The number of nitrogens with zero attached hydrogens (tertiary/aromatic N) is 4. The zero-order valence-electron chi connectivity index (χ0n) is 19.0. The first-order valence-corrected chi connectivity index (χ1v) is 11.3. The van der Waals surface area contributed by atoms with Gasteiger partial charge in [0.25, 0.3) is 0 Å². The Labute approximate surface area is 194 Å². The van der Waals surface area contributed by atoms with Crippen LogP contribution in [-0.4, -0.2) is 65.9 Å². The normalized spacial score (nSPS) is 13.9. The van der Waals surface area contributed by atoms with Crippen LogP contribution in [-0.2, 0) is 11.3 Å². The zero-order chi connectivity index (χ0) is 23.6. The molecule has 1 heterocycles. The maximum Gasteiger partial charge on any atom is 0.321 e. The summed E-state index contributed by atoms with van der Waals surface area (Å²) >= 11 is 0. The molecule has 2 aromatic carbocycles. The molecule has 0 saturated carbocycles. The minimum Gasteiger partial charge on any atom is -0.337 e. The molecule has 174 valence electrons. The zero-order valence-corrected chi connectivity index (χ0v) is 19.0. The average Bonchev–Trinajstić information content (AvgIpc) is 2.83. The molecule has 0 unspecified atom stereocenters. The number of nitrogens with one attached hydrogen (secondary N) is 1. The second-order valence-corrected chi connectivity index (χ2v) is 8.14. The monoisotopic (exact) mass is 451 g/mol. The minimum atomic E-state index is -0.287. The Morgan fingerprint density at radius 1 is 1.12 bits per heavy atom. The van der Waals surface area contributed by atoms with E-state index in [4.69, 9.17) is 5.26 Å². The van der Waals surface area contributed by atoms with E-state index in [0.29, 0.717) is 43.9 Å². The number of hydrogen-bond acceptors (Lipinski definition) is 4. The van der Waals surface area contributed by atoms with E-state index in [-0.39, 0.29) is 17.8 Å². The topological polar surface area (TPSA) is 79.7 Å². The van der Waals surface area contributed by atoms with Gasteiger partial charge in [-0.2, -0.15) is 5.26 Å². The van der Waals surface area contributed by atoms with Crippen LogP contribution < -0.4 is 5.32 Å². The molecule has 3 amide bonds. The lowest BCUT2D eigenvalue weighted by atomic mass is 10.2. The van der Waals surface area contributed by atoms with Crippen molar-refractivity contribution in [2.45, 2.75) is 26.3 Å². The Kier molecular flexibility index (Phi) is 8.79. The lowest BCUT2D eigenvalue weighted by molar-refractivity contribution is -0.132. The standard InChI is InChI=1S/C25H30FN5O2/c1-2-4-24(32)31(19-20-7-9-22(26)10-8-20)16-13-29-11-14-30(15-12-29)25(33)28-23-6-3-5-21(17-23)18-27/h3,5-10,17H,2,4,11-16,19H2,1H3,(H,28,33). The van der Waals surface area contributed by atoms with Gasteiger partial charge in [0.05, 0.1) is 11.6 Å². The van der Waals surface area contributed by atoms with Crippen LogP contribution in [0.25, 0.3) is 0 Å². The smallest absolute Gasteiger partial charge is 0.321 e. The van der Waals surface area contributed by atoms with Crippen molar-refractivity contribution in [1.29, 1.82) is 5.26 Å². The Hall–Kier alpha value is -3.44. The number of carbonyl (C=O) groups excluding carboxylic acids is 2. The van der Waals surface area contributed by atoms with Crippen molar-refractivity contribution in [2.24, 2.45) is 0 Å². The van der Waals surface area contributed by atoms with E-state index in [1.165, 1.54) is 12.1 Å². The van der Waals surface area contributed by atoms with Crippen molar-refractivity contribution in [1.82, 2.24) is 14.7 Å². The van der Waals surface area contributed by atoms with Gasteiger partial charge in [-0.1, -0.05) is 25.1 Å². The molecule has 1 fully saturated rings. The van der Waals surface area contributed by atoms with Gasteiger partial charge >= 0.3 is 6.03 Å². The van der Waals surface area contributed by atoms with Crippen LogP contribution in [0.4, 0.5) is 14.9 Å². The number of benzene rings is 2. The van der Waals surface area contributed by atoms with E-state index in [2.05, 4.69) is 16.3 Å². The molecule has 3 rings (SSSR count). The number of urea groups is 1. The highest BCUT2D eigenvalue weighted by Gasteiger charge is 2.22. The fraction of sp³-hybridized carbons (Fsp3) is 0.400. The van der Waals surface area contributed by atoms with Crippen LogP contribution in [0.15, 0.2) is 48.5 Å². The van der Waals surface area contributed by atoms with E-state index in [9.17, 15) is 14.0 Å². The molecule has 2 aromatic rings. The van der Waals surface area contributed by atoms with Crippen molar-refractivity contribution < 1.29 is 14.0 Å². The van der Waals surface area contributed by atoms with E-state index in [0.717, 1.165) is 31.6 Å². The molecule has 0 radical (unpaired) electrons. The average molecular weight is 452 g/mol. The summed E-state index contributed by atoms with van der Waals surface area (Å²) in [6, 6.07) is 15.0. The largest absolute Gasteiger partial charge is 0.337 e. The van der Waals surface area contributed by atoms with E-state index < -0.39 is 0 Å². The van der Waals surface area contributed by atoms with Gasteiger partial charge in [0, 0.05) is 57.9 Å². The van der Waals surface area contributed by atoms with Gasteiger partial charge in [0.1, 0.15) is 5.82 Å². The highest BCUT2D eigenvalue weighted by molar-refractivity contribution is 5.89. The summed E-state index contributed by atoms with van der Waals surface area (Å²) < 4.78 is 13.2. The Bertz CT molecular complexity index is 981. The summed E-state index contributed by atoms with van der Waals surface area (Å²) in [6.45, 7) is 6.36. The summed E-state index contributed by atoms with van der Waals surface area (Å²) in [6.07, 6.45) is 1.27. The number of halogens is 1. The summed E-state index contributed by atoms with van der Waals surface area (Å²) in [5.74, 6) is -0.190. The summed E-state index contributed by atoms with van der Waals surface area (Å²) in [5, 5.41) is 11.9. The van der Waals surface area contributed by atoms with Gasteiger partial charge in [0.15, 0.2) is 0 Å². The third-order valence-electron chi connectivity index (χ3n) is 5.69. The number of nitriles is 1. The first-order valence-electron chi connectivity index (χ1n) is 11.3. The van der Waals surface area contributed by atoms with E-state index in [1.807, 2.05) is 11.8 Å². The van der Waals surface area contributed by atoms with Crippen molar-refractivity contribution in [3.63, 3.8) is 0 Å². The third kappa shape index (κ3) is 7.29. The lowest BCUT2D eigenvalue weighted by Gasteiger charge is -2.36. The molecule has 0 bridgehead atoms. The van der Waals surface area contributed by atoms with Gasteiger partial charge in [0.2, 0.25) is 5.91 Å². The van der Waals surface area contributed by atoms with Crippen LogP contribution >= 0.6 is 0 Å². The predicted octanol–water partition coefficient (Wildman–Crippen LogP) is 3.68. The molecule has 1 aliphatic rings. The van der Waals surface area contributed by atoms with E-state index in [1.54, 1.807) is 41.3 Å². The van der Waals surface area contributed by atoms with Crippen LogP contribution in [0.3, 0.4) is 0 Å². The fourth-order valence-electron chi connectivity index (χ4n) is 3.78. The van der Waals surface area contributed by atoms with E-state index >= 15 is 0 Å². The molecular weight excluding hydrogens is 421 g/mol. The van der Waals surface area contributed by atoms with Crippen molar-refractivity contribution >= 4 is 17.6 Å². The van der Waals surface area contributed by atoms with Crippen LogP contribution in [0.1, 0.15) is 30.9 Å². The third-order valence-corrected chi connectivity index (χ3v) is 5.69. The molecule has 1 saturated heterocycles. The fourth-order valence-corrected chi connectivity index (χ4v) is 3.78. The maximum atomic E-state index is 13.2. The highest BCUT2D eigenvalue weighted by Crippen LogP contribution is 2.13. The number of anilines is 1. The number of rotatable bonds is 8. The summed E-state index contributed by atoms with van der Waals surface area (Å²) in [4.78, 5) is 31.0. The number of hydrogen-bond donors (Lipinski definition) is 1. The molecule has 8 heteroatoms. The first kappa shape index (κ1) is 24.2. The van der Waals surface area contributed by atoms with Gasteiger partial charge < -0.3 is 15.1 Å². The number of amides is 3. The minimum absolute atomic E-state index is 0.0967.